The average Bonchev–Trinajstić information content (AvgIpc) is 2.31. The number of aliphatic hydroxyl groups excluding tert-OH is 1. The summed E-state index contributed by atoms with van der Waals surface area (Å²) in [5.41, 5.74) is 8.51. The van der Waals surface area contributed by atoms with Gasteiger partial charge in [0, 0.05) is 35.4 Å². The van der Waals surface area contributed by atoms with Crippen molar-refractivity contribution in [1.29, 1.82) is 0 Å². The molecule has 19 heavy (non-hydrogen) atoms. The van der Waals surface area contributed by atoms with E-state index in [1.54, 1.807) is 0 Å². The molecule has 0 radical (unpaired) electrons. The molecule has 1 atom stereocenters. The number of hydrogen-bond acceptors (Lipinski definition) is 3. The fraction of sp³-hybridized carbons (Fsp3) is 0.600. The maximum atomic E-state index is 9.11. The molecule has 3 N–H and O–H groups in total. The topological polar surface area (TPSA) is 49.5 Å². The number of halogens is 1. The summed E-state index contributed by atoms with van der Waals surface area (Å²) >= 11 is 3.55. The Bertz CT molecular complexity index is 419. The number of benzene rings is 1. The Balaban J connectivity index is 2.30. The zero-order valence-electron chi connectivity index (χ0n) is 11.5. The summed E-state index contributed by atoms with van der Waals surface area (Å²) in [6.07, 6.45) is 4.61. The van der Waals surface area contributed by atoms with Gasteiger partial charge < -0.3 is 15.7 Å². The minimum absolute atomic E-state index is 0.0276. The average molecular weight is 327 g/mol. The molecule has 1 aliphatic rings. The lowest BCUT2D eigenvalue weighted by Crippen LogP contribution is -2.42. The normalized spacial score (nSPS) is 17.1. The van der Waals surface area contributed by atoms with Crippen LogP contribution in [-0.4, -0.2) is 24.3 Å². The van der Waals surface area contributed by atoms with Gasteiger partial charge in [-0.1, -0.05) is 22.0 Å². The number of anilines is 1. The van der Waals surface area contributed by atoms with Crippen molar-refractivity contribution in [1.82, 2.24) is 0 Å². The SMILES string of the molecule is CC(N)c1ccc(Br)cc1N(CCCO)C1CCC1. The molecule has 0 spiro atoms. The first-order valence-electron chi connectivity index (χ1n) is 7.06. The lowest BCUT2D eigenvalue weighted by molar-refractivity contribution is 0.283. The van der Waals surface area contributed by atoms with E-state index in [2.05, 4.69) is 33.0 Å². The van der Waals surface area contributed by atoms with Gasteiger partial charge in [-0.2, -0.15) is 0 Å². The van der Waals surface area contributed by atoms with E-state index in [1.807, 2.05) is 13.0 Å². The summed E-state index contributed by atoms with van der Waals surface area (Å²) in [6, 6.07) is 6.95. The fourth-order valence-electron chi connectivity index (χ4n) is 2.59. The molecule has 1 aliphatic carbocycles. The highest BCUT2D eigenvalue weighted by Crippen LogP contribution is 2.35. The Morgan fingerprint density at radius 3 is 2.74 bits per heavy atom. The molecular weight excluding hydrogens is 304 g/mol. The summed E-state index contributed by atoms with van der Waals surface area (Å²) in [4.78, 5) is 2.43. The van der Waals surface area contributed by atoms with E-state index in [4.69, 9.17) is 10.8 Å². The molecule has 0 aromatic heterocycles. The maximum absolute atomic E-state index is 9.11. The monoisotopic (exact) mass is 326 g/mol. The van der Waals surface area contributed by atoms with Crippen LogP contribution in [0.15, 0.2) is 22.7 Å². The van der Waals surface area contributed by atoms with Crippen molar-refractivity contribution < 1.29 is 5.11 Å². The van der Waals surface area contributed by atoms with Crippen LogP contribution in [0.4, 0.5) is 5.69 Å². The van der Waals surface area contributed by atoms with E-state index in [-0.39, 0.29) is 12.6 Å². The van der Waals surface area contributed by atoms with Crippen molar-refractivity contribution in [2.45, 2.75) is 44.7 Å². The van der Waals surface area contributed by atoms with Crippen LogP contribution >= 0.6 is 15.9 Å². The standard InChI is InChI=1S/C15H23BrN2O/c1-11(17)14-7-6-12(16)10-15(14)18(8-3-9-19)13-4-2-5-13/h6-7,10-11,13,19H,2-5,8-9,17H2,1H3. The van der Waals surface area contributed by atoms with Gasteiger partial charge in [0.1, 0.15) is 0 Å². The molecule has 106 valence electrons. The van der Waals surface area contributed by atoms with Gasteiger partial charge in [-0.05, 0) is 50.3 Å². The second-order valence-corrected chi connectivity index (χ2v) is 6.26. The van der Waals surface area contributed by atoms with Crippen LogP contribution in [-0.2, 0) is 0 Å². The minimum Gasteiger partial charge on any atom is -0.396 e. The molecule has 1 aromatic rings. The molecule has 1 aromatic carbocycles. The van der Waals surface area contributed by atoms with Gasteiger partial charge in [0.2, 0.25) is 0 Å². The molecule has 4 heteroatoms. The van der Waals surface area contributed by atoms with Crippen LogP contribution in [0.3, 0.4) is 0 Å². The lowest BCUT2D eigenvalue weighted by Gasteiger charge is -2.40. The Morgan fingerprint density at radius 2 is 2.21 bits per heavy atom. The smallest absolute Gasteiger partial charge is 0.0447 e. The van der Waals surface area contributed by atoms with Crippen LogP contribution in [0.25, 0.3) is 0 Å². The third-order valence-electron chi connectivity index (χ3n) is 3.87. The molecule has 2 rings (SSSR count). The van der Waals surface area contributed by atoms with Gasteiger partial charge in [-0.25, -0.2) is 0 Å². The molecule has 0 heterocycles. The summed E-state index contributed by atoms with van der Waals surface area (Å²) in [5.74, 6) is 0. The predicted molar refractivity (Wildman–Crippen MR) is 83.4 cm³/mol. The molecule has 0 aliphatic heterocycles. The number of rotatable bonds is 6. The van der Waals surface area contributed by atoms with Crippen LogP contribution in [0.1, 0.15) is 44.2 Å². The van der Waals surface area contributed by atoms with Crippen LogP contribution < -0.4 is 10.6 Å². The summed E-state index contributed by atoms with van der Waals surface area (Å²) < 4.78 is 1.08. The first-order valence-corrected chi connectivity index (χ1v) is 7.85. The van der Waals surface area contributed by atoms with Gasteiger partial charge in [0.05, 0.1) is 0 Å². The van der Waals surface area contributed by atoms with Gasteiger partial charge >= 0.3 is 0 Å². The Kier molecular flexibility index (Phi) is 5.25. The number of nitrogens with two attached hydrogens (primary N) is 1. The molecule has 0 bridgehead atoms. The largest absolute Gasteiger partial charge is 0.396 e. The Labute approximate surface area is 123 Å². The summed E-state index contributed by atoms with van der Waals surface area (Å²) in [7, 11) is 0. The minimum atomic E-state index is 0.0276. The molecule has 1 unspecified atom stereocenters. The third-order valence-corrected chi connectivity index (χ3v) is 4.36. The van der Waals surface area contributed by atoms with Gasteiger partial charge in [-0.3, -0.25) is 0 Å². The second-order valence-electron chi connectivity index (χ2n) is 5.35. The number of nitrogens with zero attached hydrogens (tertiary/aromatic N) is 1. The second kappa shape index (κ2) is 6.73. The summed E-state index contributed by atoms with van der Waals surface area (Å²) in [5, 5.41) is 9.11. The molecule has 3 nitrogen and oxygen atoms in total. The van der Waals surface area contributed by atoms with Crippen molar-refractivity contribution in [3.8, 4) is 0 Å². The highest BCUT2D eigenvalue weighted by atomic mass is 79.9. The molecule has 1 fully saturated rings. The van der Waals surface area contributed by atoms with E-state index < -0.39 is 0 Å². The highest BCUT2D eigenvalue weighted by Gasteiger charge is 2.26. The van der Waals surface area contributed by atoms with E-state index in [0.29, 0.717) is 6.04 Å². The fourth-order valence-corrected chi connectivity index (χ4v) is 2.94. The first kappa shape index (κ1) is 14.8. The lowest BCUT2D eigenvalue weighted by atomic mass is 9.90. The first-order chi connectivity index (χ1) is 9.13. The van der Waals surface area contributed by atoms with E-state index >= 15 is 0 Å². The summed E-state index contributed by atoms with van der Waals surface area (Å²) in [6.45, 7) is 3.17. The molecule has 0 saturated heterocycles. The van der Waals surface area contributed by atoms with Crippen LogP contribution in [0.2, 0.25) is 0 Å². The maximum Gasteiger partial charge on any atom is 0.0447 e. The molecule has 1 saturated carbocycles. The van der Waals surface area contributed by atoms with Gasteiger partial charge in [-0.15, -0.1) is 0 Å². The van der Waals surface area contributed by atoms with Crippen molar-refractivity contribution in [2.24, 2.45) is 5.73 Å². The van der Waals surface area contributed by atoms with E-state index in [0.717, 1.165) is 17.4 Å². The van der Waals surface area contributed by atoms with Crippen molar-refractivity contribution in [2.75, 3.05) is 18.1 Å². The highest BCUT2D eigenvalue weighted by molar-refractivity contribution is 9.10. The third kappa shape index (κ3) is 3.50. The number of aliphatic hydroxyl groups is 1. The molecule has 0 amide bonds. The zero-order valence-corrected chi connectivity index (χ0v) is 13.1. The van der Waals surface area contributed by atoms with Crippen molar-refractivity contribution >= 4 is 21.6 Å². The van der Waals surface area contributed by atoms with Gasteiger partial charge in [0.15, 0.2) is 0 Å². The van der Waals surface area contributed by atoms with E-state index in [1.165, 1.54) is 30.5 Å². The molecular formula is C15H23BrN2O. The van der Waals surface area contributed by atoms with Crippen molar-refractivity contribution in [3.63, 3.8) is 0 Å². The zero-order chi connectivity index (χ0) is 13.8. The van der Waals surface area contributed by atoms with E-state index in [9.17, 15) is 0 Å². The van der Waals surface area contributed by atoms with Crippen LogP contribution in [0.5, 0.6) is 0 Å². The van der Waals surface area contributed by atoms with Crippen molar-refractivity contribution in [3.05, 3.63) is 28.2 Å². The number of hydrogen-bond donors (Lipinski definition) is 2. The Hall–Kier alpha value is -0.580. The van der Waals surface area contributed by atoms with Gasteiger partial charge in [0.25, 0.3) is 0 Å². The Morgan fingerprint density at radius 1 is 1.47 bits per heavy atom. The quantitative estimate of drug-likeness (QED) is 0.843. The van der Waals surface area contributed by atoms with Crippen LogP contribution in [0, 0.1) is 0 Å². The predicted octanol–water partition coefficient (Wildman–Crippen LogP) is 3.21.